The Kier molecular flexibility index (Phi) is 6.49. The average molecular weight is 452 g/mol. The highest BCUT2D eigenvalue weighted by Crippen LogP contribution is 2.33. The minimum Gasteiger partial charge on any atom is -0.480 e. The summed E-state index contributed by atoms with van der Waals surface area (Å²) in [7, 11) is 1.47. The number of anilines is 1. The Hall–Kier alpha value is -3.47. The fourth-order valence-electron chi connectivity index (χ4n) is 2.83. The van der Waals surface area contributed by atoms with Gasteiger partial charge in [0.15, 0.2) is 17.8 Å². The van der Waals surface area contributed by atoms with E-state index in [2.05, 4.69) is 15.4 Å². The summed E-state index contributed by atoms with van der Waals surface area (Å²) in [6.07, 6.45) is -6.98. The molecule has 1 atom stereocenters. The first-order chi connectivity index (χ1) is 15.0. The summed E-state index contributed by atoms with van der Waals surface area (Å²) in [5, 5.41) is 15.8. The number of rotatable bonds is 6. The lowest BCUT2D eigenvalue weighted by Crippen LogP contribution is -2.32. The van der Waals surface area contributed by atoms with Crippen molar-refractivity contribution in [2.45, 2.75) is 32.7 Å². The van der Waals surface area contributed by atoms with Crippen LogP contribution in [-0.4, -0.2) is 38.1 Å². The number of aryl methyl sites for hydroxylation is 2. The zero-order chi connectivity index (χ0) is 23.6. The van der Waals surface area contributed by atoms with Gasteiger partial charge in [0.1, 0.15) is 18.2 Å². The summed E-state index contributed by atoms with van der Waals surface area (Å²) in [4.78, 5) is 16.8. The second-order valence-electron chi connectivity index (χ2n) is 7.03. The second-order valence-corrected chi connectivity index (χ2v) is 7.03. The van der Waals surface area contributed by atoms with Crippen molar-refractivity contribution < 1.29 is 32.2 Å². The van der Waals surface area contributed by atoms with Gasteiger partial charge in [-0.25, -0.2) is 9.37 Å². The molecule has 7 nitrogen and oxygen atoms in total. The first-order valence-corrected chi connectivity index (χ1v) is 9.46. The van der Waals surface area contributed by atoms with Gasteiger partial charge in [-0.1, -0.05) is 18.2 Å². The van der Waals surface area contributed by atoms with Crippen LogP contribution < -0.4 is 10.1 Å². The summed E-state index contributed by atoms with van der Waals surface area (Å²) in [5.74, 6) is -2.34. The van der Waals surface area contributed by atoms with Gasteiger partial charge < -0.3 is 15.2 Å². The van der Waals surface area contributed by atoms with E-state index in [0.29, 0.717) is 11.3 Å². The smallest absolute Gasteiger partial charge is 0.425 e. The minimum absolute atomic E-state index is 0.118. The van der Waals surface area contributed by atoms with Crippen LogP contribution in [0.15, 0.2) is 36.4 Å². The molecular formula is C21H20F4N4O3. The molecule has 1 unspecified atom stereocenters. The molecule has 2 aromatic carbocycles. The molecule has 0 radical (unpaired) electrons. The van der Waals surface area contributed by atoms with Crippen molar-refractivity contribution in [2.75, 3.05) is 5.32 Å². The van der Waals surface area contributed by atoms with Crippen molar-refractivity contribution in [1.29, 1.82) is 0 Å². The van der Waals surface area contributed by atoms with E-state index >= 15 is 0 Å². The molecule has 1 amide bonds. The van der Waals surface area contributed by atoms with Gasteiger partial charge in [0.05, 0.1) is 11.1 Å². The fourth-order valence-corrected chi connectivity index (χ4v) is 2.83. The Balaban J connectivity index is 2.07. The van der Waals surface area contributed by atoms with Crippen LogP contribution in [0, 0.1) is 12.7 Å². The summed E-state index contributed by atoms with van der Waals surface area (Å²) >= 11 is 0. The molecule has 170 valence electrons. The van der Waals surface area contributed by atoms with Gasteiger partial charge >= 0.3 is 6.18 Å². The van der Waals surface area contributed by atoms with Crippen LogP contribution in [0.1, 0.15) is 28.7 Å². The molecule has 0 spiro atoms. The third-order valence-electron chi connectivity index (χ3n) is 4.71. The third kappa shape index (κ3) is 4.88. The molecule has 0 saturated heterocycles. The number of aromatic nitrogens is 3. The number of hydrogen-bond acceptors (Lipinski definition) is 5. The van der Waals surface area contributed by atoms with Gasteiger partial charge in [-0.3, -0.25) is 9.48 Å². The average Bonchev–Trinajstić information content (AvgIpc) is 3.10. The Bertz CT molecular complexity index is 1140. The molecule has 11 heteroatoms. The minimum atomic E-state index is -4.72. The zero-order valence-electron chi connectivity index (χ0n) is 17.4. The highest BCUT2D eigenvalue weighted by atomic mass is 19.4. The Morgan fingerprint density at radius 3 is 2.56 bits per heavy atom. The van der Waals surface area contributed by atoms with Crippen LogP contribution in [0.3, 0.4) is 0 Å². The molecule has 0 aliphatic rings. The number of hydrogen-bond donors (Lipinski definition) is 2. The first kappa shape index (κ1) is 23.2. The van der Waals surface area contributed by atoms with Crippen LogP contribution in [-0.2, 0) is 13.7 Å². The molecule has 0 saturated carbocycles. The van der Waals surface area contributed by atoms with Crippen molar-refractivity contribution in [3.63, 3.8) is 0 Å². The maximum Gasteiger partial charge on any atom is 0.425 e. The maximum absolute atomic E-state index is 14.9. The number of halogens is 4. The molecule has 0 aliphatic carbocycles. The number of para-hydroxylation sites is 1. The molecule has 32 heavy (non-hydrogen) atoms. The Morgan fingerprint density at radius 2 is 1.97 bits per heavy atom. The number of nitrogens with one attached hydrogen (secondary N) is 1. The van der Waals surface area contributed by atoms with Gasteiger partial charge in [-0.15, -0.1) is 0 Å². The number of aliphatic hydroxyl groups is 1. The van der Waals surface area contributed by atoms with Gasteiger partial charge in [-0.05, 0) is 37.6 Å². The molecule has 1 aromatic heterocycles. The van der Waals surface area contributed by atoms with Crippen molar-refractivity contribution in [2.24, 2.45) is 7.05 Å². The van der Waals surface area contributed by atoms with Crippen molar-refractivity contribution in [1.82, 2.24) is 14.8 Å². The van der Waals surface area contributed by atoms with Gasteiger partial charge in [0.25, 0.3) is 5.91 Å². The molecule has 2 N–H and O–H groups in total. The molecule has 0 bridgehead atoms. The second kappa shape index (κ2) is 8.95. The van der Waals surface area contributed by atoms with E-state index in [1.807, 2.05) is 0 Å². The van der Waals surface area contributed by atoms with Crippen molar-refractivity contribution >= 4 is 11.6 Å². The molecular weight excluding hydrogens is 432 g/mol. The number of carbonyl (C=O) groups is 1. The number of benzene rings is 2. The Morgan fingerprint density at radius 1 is 1.28 bits per heavy atom. The summed E-state index contributed by atoms with van der Waals surface area (Å²) < 4.78 is 60.5. The third-order valence-corrected chi connectivity index (χ3v) is 4.71. The molecule has 1 heterocycles. The molecule has 3 rings (SSSR count). The lowest BCUT2D eigenvalue weighted by Gasteiger charge is -2.20. The number of aliphatic hydroxyl groups excluding tert-OH is 1. The monoisotopic (exact) mass is 452 g/mol. The van der Waals surface area contributed by atoms with E-state index in [1.165, 1.54) is 11.7 Å². The summed E-state index contributed by atoms with van der Waals surface area (Å²) in [6.45, 7) is 2.03. The van der Waals surface area contributed by atoms with Crippen LogP contribution in [0.4, 0.5) is 23.2 Å². The van der Waals surface area contributed by atoms with Crippen molar-refractivity contribution in [3.8, 4) is 17.1 Å². The molecule has 0 fully saturated rings. The zero-order valence-corrected chi connectivity index (χ0v) is 17.4. The van der Waals surface area contributed by atoms with Crippen LogP contribution in [0.5, 0.6) is 5.75 Å². The standard InChI is InChI=1S/C21H20F4N4O3/c1-11-6-4-5-7-16(11)26-20(31)14-8-15(22)13(19-27-18(10-30)29(3)28-19)9-17(14)32-12(2)21(23,24)25/h4-9,12,30H,10H2,1-3H3,(H,26,31). The SMILES string of the molecule is Cc1ccccc1NC(=O)c1cc(F)c(-c2nc(CO)n(C)n2)cc1OC(C)C(F)(F)F. The summed E-state index contributed by atoms with van der Waals surface area (Å²) in [5.41, 5.74) is 0.412. The topological polar surface area (TPSA) is 89.3 Å². The number of carbonyl (C=O) groups excluding carboxylic acids is 1. The molecule has 0 aliphatic heterocycles. The predicted octanol–water partition coefficient (Wildman–Crippen LogP) is 4.00. The largest absolute Gasteiger partial charge is 0.480 e. The quantitative estimate of drug-likeness (QED) is 0.552. The maximum atomic E-state index is 14.9. The highest BCUT2D eigenvalue weighted by Gasteiger charge is 2.39. The summed E-state index contributed by atoms with van der Waals surface area (Å²) in [6, 6.07) is 8.47. The van der Waals surface area contributed by atoms with E-state index in [-0.39, 0.29) is 17.2 Å². The number of nitrogens with zero attached hydrogens (tertiary/aromatic N) is 3. The van der Waals surface area contributed by atoms with E-state index in [9.17, 15) is 27.5 Å². The van der Waals surface area contributed by atoms with Crippen LogP contribution in [0.2, 0.25) is 0 Å². The van der Waals surface area contributed by atoms with Crippen molar-refractivity contribution in [3.05, 3.63) is 59.2 Å². The first-order valence-electron chi connectivity index (χ1n) is 9.46. The predicted molar refractivity (Wildman–Crippen MR) is 108 cm³/mol. The van der Waals surface area contributed by atoms with Gasteiger partial charge in [0, 0.05) is 12.7 Å². The van der Waals surface area contributed by atoms with E-state index in [4.69, 9.17) is 4.74 Å². The van der Waals surface area contributed by atoms with Gasteiger partial charge in [-0.2, -0.15) is 18.3 Å². The Labute approximate surface area is 180 Å². The van der Waals surface area contributed by atoms with E-state index in [0.717, 1.165) is 19.1 Å². The normalized spacial score (nSPS) is 12.5. The van der Waals surface area contributed by atoms with Gasteiger partial charge in [0.2, 0.25) is 0 Å². The lowest BCUT2D eigenvalue weighted by atomic mass is 10.1. The lowest BCUT2D eigenvalue weighted by molar-refractivity contribution is -0.189. The number of alkyl halides is 3. The van der Waals surface area contributed by atoms with E-state index in [1.54, 1.807) is 31.2 Å². The van der Waals surface area contributed by atoms with E-state index < -0.39 is 41.9 Å². The molecule has 3 aromatic rings. The number of ether oxygens (including phenoxy) is 1. The highest BCUT2D eigenvalue weighted by molar-refractivity contribution is 6.07. The fraction of sp³-hybridized carbons (Fsp3) is 0.286. The number of amides is 1. The van der Waals surface area contributed by atoms with Crippen LogP contribution in [0.25, 0.3) is 11.4 Å². The van der Waals surface area contributed by atoms with Crippen LogP contribution >= 0.6 is 0 Å².